The van der Waals surface area contributed by atoms with E-state index in [2.05, 4.69) is 48.3 Å². The lowest BCUT2D eigenvalue weighted by Gasteiger charge is -2.53. The van der Waals surface area contributed by atoms with E-state index in [4.69, 9.17) is 33.3 Å². The van der Waals surface area contributed by atoms with Crippen molar-refractivity contribution < 1.29 is 4.79 Å². The molecule has 0 saturated carbocycles. The van der Waals surface area contributed by atoms with E-state index < -0.39 is 5.41 Å². The number of nitrogens with one attached hydrogen (secondary N) is 1. The predicted molar refractivity (Wildman–Crippen MR) is 147 cm³/mol. The fourth-order valence-electron chi connectivity index (χ4n) is 5.66. The summed E-state index contributed by atoms with van der Waals surface area (Å²) in [6, 6.07) is 14.0. The lowest BCUT2D eigenvalue weighted by molar-refractivity contribution is -0.118. The van der Waals surface area contributed by atoms with Crippen LogP contribution in [0.3, 0.4) is 0 Å². The van der Waals surface area contributed by atoms with Gasteiger partial charge >= 0.3 is 0 Å². The van der Waals surface area contributed by atoms with Crippen LogP contribution >= 0.6 is 23.2 Å². The molecule has 2 aromatic carbocycles. The van der Waals surface area contributed by atoms with E-state index >= 15 is 0 Å². The predicted octanol–water partition coefficient (Wildman–Crippen LogP) is 6.01. The van der Waals surface area contributed by atoms with Crippen LogP contribution in [0.5, 0.6) is 0 Å². The van der Waals surface area contributed by atoms with Crippen molar-refractivity contribution in [3.8, 4) is 0 Å². The van der Waals surface area contributed by atoms with Gasteiger partial charge in [0.25, 0.3) is 0 Å². The molecule has 1 saturated heterocycles. The molecule has 6 nitrogen and oxygen atoms in total. The topological polar surface area (TPSA) is 60.3 Å². The summed E-state index contributed by atoms with van der Waals surface area (Å²) >= 11 is 12.8. The summed E-state index contributed by atoms with van der Waals surface area (Å²) in [5, 5.41) is 11.1. The van der Waals surface area contributed by atoms with Crippen LogP contribution in [0.25, 0.3) is 0 Å². The van der Waals surface area contributed by atoms with Crippen LogP contribution in [0.1, 0.15) is 43.7 Å². The Morgan fingerprint density at radius 1 is 1.19 bits per heavy atom. The number of hydrazone groups is 1. The Bertz CT molecular complexity index is 1300. The number of nitrogens with zero attached hydrogens (tertiary/aromatic N) is 4. The van der Waals surface area contributed by atoms with Crippen molar-refractivity contribution in [1.29, 1.82) is 0 Å². The van der Waals surface area contributed by atoms with Gasteiger partial charge in [-0.1, -0.05) is 60.5 Å². The highest BCUT2D eigenvalue weighted by atomic mass is 35.5. The number of aliphatic imine (C=N–C) groups is 1. The Morgan fingerprint density at radius 2 is 2.00 bits per heavy atom. The standard InChI is InChI=1S/C28H29Cl2N5O/c1-4-18(2)27-28(17-32-25-15-22(30)8-9-23(25)28)24(20-6-5-7-21(29)14-20)16-26-33-34(12-13-35(26)27)11-10-31-19(3)36/h5-9,12-15,17,24,27H,2,4,10-11,16H2,1,3H3,(H,31,36). The zero-order valence-corrected chi connectivity index (χ0v) is 21.9. The minimum atomic E-state index is -0.473. The zero-order chi connectivity index (χ0) is 25.4. The number of rotatable bonds is 6. The quantitative estimate of drug-likeness (QED) is 0.473. The van der Waals surface area contributed by atoms with E-state index in [1.807, 2.05) is 41.5 Å². The highest BCUT2D eigenvalue weighted by Gasteiger charge is 2.56. The molecule has 3 heterocycles. The summed E-state index contributed by atoms with van der Waals surface area (Å²) in [7, 11) is 0. The maximum absolute atomic E-state index is 11.3. The second-order valence-corrected chi connectivity index (χ2v) is 10.3. The third-order valence-corrected chi connectivity index (χ3v) is 7.76. The first-order chi connectivity index (χ1) is 17.3. The smallest absolute Gasteiger partial charge is 0.216 e. The number of hydrogen-bond donors (Lipinski definition) is 1. The van der Waals surface area contributed by atoms with Gasteiger partial charge in [0.1, 0.15) is 5.84 Å². The van der Waals surface area contributed by atoms with Crippen molar-refractivity contribution >= 4 is 46.8 Å². The summed E-state index contributed by atoms with van der Waals surface area (Å²) in [6.07, 6.45) is 7.64. The number of hydrogen-bond acceptors (Lipinski definition) is 5. The maximum Gasteiger partial charge on any atom is 0.216 e. The van der Waals surface area contributed by atoms with E-state index in [1.165, 1.54) is 6.92 Å². The molecule has 3 aliphatic heterocycles. The lowest BCUT2D eigenvalue weighted by Crippen LogP contribution is -2.60. The molecule has 1 N–H and O–H groups in total. The molecule has 0 bridgehead atoms. The molecule has 0 aromatic heterocycles. The van der Waals surface area contributed by atoms with Crippen molar-refractivity contribution in [2.45, 2.75) is 44.1 Å². The van der Waals surface area contributed by atoms with Crippen molar-refractivity contribution in [2.75, 3.05) is 13.1 Å². The minimum Gasteiger partial charge on any atom is -0.354 e. The van der Waals surface area contributed by atoms with Crippen molar-refractivity contribution in [2.24, 2.45) is 10.1 Å². The molecule has 3 unspecified atom stereocenters. The molecule has 3 aliphatic rings. The SMILES string of the molecule is C=C(CC)C1N2C=CN(CCNC(C)=O)N=C2CC(c2cccc(Cl)c2)C12C=Nc1cc(Cl)ccc12. The number of benzene rings is 2. The summed E-state index contributed by atoms with van der Waals surface area (Å²) in [5.41, 5.74) is 3.78. The van der Waals surface area contributed by atoms with Crippen LogP contribution in [0.2, 0.25) is 10.0 Å². The second kappa shape index (κ2) is 9.75. The van der Waals surface area contributed by atoms with Gasteiger partial charge in [-0.3, -0.25) is 14.8 Å². The van der Waals surface area contributed by atoms with E-state index in [1.54, 1.807) is 0 Å². The van der Waals surface area contributed by atoms with Gasteiger partial charge in [0.2, 0.25) is 5.91 Å². The molecule has 5 rings (SSSR count). The average molecular weight is 522 g/mol. The normalized spacial score (nSPS) is 23.9. The number of carbonyl (C=O) groups excluding carboxylic acids is 1. The number of carbonyl (C=O) groups is 1. The van der Waals surface area contributed by atoms with Gasteiger partial charge in [0, 0.05) is 54.5 Å². The summed E-state index contributed by atoms with van der Waals surface area (Å²) in [6.45, 7) is 9.29. The number of amidine groups is 1. The number of piperidine rings is 1. The summed E-state index contributed by atoms with van der Waals surface area (Å²) in [4.78, 5) is 18.5. The third-order valence-electron chi connectivity index (χ3n) is 7.29. The number of halogens is 2. The Balaban J connectivity index is 1.64. The van der Waals surface area contributed by atoms with Crippen LogP contribution in [0, 0.1) is 0 Å². The number of fused-ring (bicyclic) bond motifs is 3. The molecule has 1 spiro atoms. The molecule has 0 aliphatic carbocycles. The molecule has 186 valence electrons. The zero-order valence-electron chi connectivity index (χ0n) is 20.4. The van der Waals surface area contributed by atoms with Gasteiger partial charge in [-0.25, -0.2) is 0 Å². The van der Waals surface area contributed by atoms with E-state index in [0.29, 0.717) is 29.6 Å². The highest BCUT2D eigenvalue weighted by molar-refractivity contribution is 6.31. The Kier molecular flexibility index (Phi) is 6.66. The van der Waals surface area contributed by atoms with E-state index in [-0.39, 0.29) is 17.9 Å². The van der Waals surface area contributed by atoms with Crippen molar-refractivity contribution in [3.05, 3.63) is 88.2 Å². The molecule has 2 aromatic rings. The fraction of sp³-hybridized carbons (Fsp3) is 0.321. The van der Waals surface area contributed by atoms with Gasteiger partial charge < -0.3 is 10.2 Å². The van der Waals surface area contributed by atoms with Crippen LogP contribution in [-0.4, -0.2) is 47.0 Å². The first-order valence-corrected chi connectivity index (χ1v) is 12.9. The molecule has 0 radical (unpaired) electrons. The van der Waals surface area contributed by atoms with Gasteiger partial charge in [0.15, 0.2) is 0 Å². The van der Waals surface area contributed by atoms with Crippen LogP contribution in [0.15, 0.2) is 77.1 Å². The van der Waals surface area contributed by atoms with Crippen LogP contribution < -0.4 is 5.32 Å². The summed E-state index contributed by atoms with van der Waals surface area (Å²) < 4.78 is 0. The lowest BCUT2D eigenvalue weighted by atomic mass is 9.59. The van der Waals surface area contributed by atoms with Gasteiger partial charge in [-0.15, -0.1) is 0 Å². The summed E-state index contributed by atoms with van der Waals surface area (Å²) in [5.74, 6) is 0.921. The molecule has 1 amide bonds. The van der Waals surface area contributed by atoms with Crippen molar-refractivity contribution in [3.63, 3.8) is 0 Å². The first kappa shape index (κ1) is 24.6. The molecule has 36 heavy (non-hydrogen) atoms. The Morgan fingerprint density at radius 3 is 2.75 bits per heavy atom. The van der Waals surface area contributed by atoms with Gasteiger partial charge in [-0.05, 0) is 41.8 Å². The second-order valence-electron chi connectivity index (χ2n) is 9.45. The highest BCUT2D eigenvalue weighted by Crippen LogP contribution is 2.56. The molecule has 3 atom stereocenters. The van der Waals surface area contributed by atoms with Crippen molar-refractivity contribution in [1.82, 2.24) is 15.2 Å². The molecule has 8 heteroatoms. The van der Waals surface area contributed by atoms with E-state index in [0.717, 1.165) is 34.6 Å². The van der Waals surface area contributed by atoms with Gasteiger partial charge in [-0.2, -0.15) is 5.10 Å². The largest absolute Gasteiger partial charge is 0.354 e. The Labute approximate surface area is 222 Å². The maximum atomic E-state index is 11.3. The molecule has 1 fully saturated rings. The molecular formula is C28H29Cl2N5O. The minimum absolute atomic E-state index is 0.0226. The monoisotopic (exact) mass is 521 g/mol. The van der Waals surface area contributed by atoms with Crippen LogP contribution in [0.4, 0.5) is 5.69 Å². The van der Waals surface area contributed by atoms with E-state index in [9.17, 15) is 4.79 Å². The Hall–Kier alpha value is -3.09. The number of amides is 1. The third kappa shape index (κ3) is 4.22. The fourth-order valence-corrected chi connectivity index (χ4v) is 6.02. The average Bonchev–Trinajstić information content (AvgIpc) is 3.21. The molecular weight excluding hydrogens is 493 g/mol. The van der Waals surface area contributed by atoms with Gasteiger partial charge in [0.05, 0.1) is 23.7 Å². The van der Waals surface area contributed by atoms with Crippen LogP contribution in [-0.2, 0) is 10.2 Å². The first-order valence-electron chi connectivity index (χ1n) is 12.2.